The summed E-state index contributed by atoms with van der Waals surface area (Å²) in [6.45, 7) is 1.90. The van der Waals surface area contributed by atoms with Crippen molar-refractivity contribution in [3.8, 4) is 6.07 Å². The Bertz CT molecular complexity index is 668. The van der Waals surface area contributed by atoms with Crippen LogP contribution in [0, 0.1) is 24.2 Å². The van der Waals surface area contributed by atoms with E-state index in [9.17, 15) is 10.1 Å². The third-order valence-electron chi connectivity index (χ3n) is 3.46. The molecule has 0 radical (unpaired) electrons. The molecule has 5 nitrogen and oxygen atoms in total. The van der Waals surface area contributed by atoms with E-state index in [0.29, 0.717) is 5.82 Å². The molecule has 2 heterocycles. The van der Waals surface area contributed by atoms with Gasteiger partial charge in [0.05, 0.1) is 6.07 Å². The topological polar surface area (TPSA) is 81.6 Å². The SMILES string of the molecule is Cc1[nH]nc2c1[C@H](c1ccccc1)[C@H](C#N)C(=O)N2. The van der Waals surface area contributed by atoms with Crippen LogP contribution in [-0.2, 0) is 4.79 Å². The number of hydrogen-bond acceptors (Lipinski definition) is 3. The highest BCUT2D eigenvalue weighted by atomic mass is 16.2. The number of H-pyrrole nitrogens is 1. The number of aromatic amines is 1. The zero-order chi connectivity index (χ0) is 13.4. The van der Waals surface area contributed by atoms with E-state index in [2.05, 4.69) is 21.6 Å². The molecule has 1 aromatic heterocycles. The molecule has 1 aromatic carbocycles. The Morgan fingerprint density at radius 1 is 1.32 bits per heavy atom. The zero-order valence-corrected chi connectivity index (χ0v) is 10.3. The largest absolute Gasteiger partial charge is 0.308 e. The Labute approximate surface area is 110 Å². The Balaban J connectivity index is 2.21. The molecule has 94 valence electrons. The molecule has 0 fully saturated rings. The average Bonchev–Trinajstić information content (AvgIpc) is 2.79. The van der Waals surface area contributed by atoms with Crippen LogP contribution in [0.2, 0.25) is 0 Å². The van der Waals surface area contributed by atoms with Crippen molar-refractivity contribution in [2.24, 2.45) is 5.92 Å². The zero-order valence-electron chi connectivity index (χ0n) is 10.3. The van der Waals surface area contributed by atoms with Gasteiger partial charge in [-0.25, -0.2) is 0 Å². The summed E-state index contributed by atoms with van der Waals surface area (Å²) in [4.78, 5) is 12.0. The smallest absolute Gasteiger partial charge is 0.243 e. The molecule has 3 rings (SSSR count). The third kappa shape index (κ3) is 1.69. The predicted octanol–water partition coefficient (Wildman–Crippen LogP) is 1.94. The highest BCUT2D eigenvalue weighted by Gasteiger charge is 2.39. The molecule has 1 aliphatic rings. The van der Waals surface area contributed by atoms with Crippen LogP contribution in [-0.4, -0.2) is 16.1 Å². The quantitative estimate of drug-likeness (QED) is 0.813. The minimum absolute atomic E-state index is 0.270. The lowest BCUT2D eigenvalue weighted by Gasteiger charge is -2.27. The van der Waals surface area contributed by atoms with Crippen LogP contribution in [0.25, 0.3) is 0 Å². The van der Waals surface area contributed by atoms with Crippen LogP contribution < -0.4 is 5.32 Å². The lowest BCUT2D eigenvalue weighted by molar-refractivity contribution is -0.119. The minimum Gasteiger partial charge on any atom is -0.308 e. The van der Waals surface area contributed by atoms with Crippen molar-refractivity contribution in [3.63, 3.8) is 0 Å². The van der Waals surface area contributed by atoms with Gasteiger partial charge in [0.25, 0.3) is 0 Å². The van der Waals surface area contributed by atoms with Crippen LogP contribution in [0.5, 0.6) is 0 Å². The highest BCUT2D eigenvalue weighted by Crippen LogP contribution is 2.40. The Kier molecular flexibility index (Phi) is 2.57. The Morgan fingerprint density at radius 2 is 2.05 bits per heavy atom. The molecule has 0 unspecified atom stereocenters. The van der Waals surface area contributed by atoms with Gasteiger partial charge in [0.15, 0.2) is 5.82 Å². The molecule has 0 bridgehead atoms. The molecule has 0 saturated carbocycles. The second-order valence-corrected chi connectivity index (χ2v) is 4.60. The molecule has 2 aromatic rings. The van der Waals surface area contributed by atoms with Gasteiger partial charge in [-0.05, 0) is 12.5 Å². The summed E-state index contributed by atoms with van der Waals surface area (Å²) >= 11 is 0. The van der Waals surface area contributed by atoms with Gasteiger partial charge in [-0.15, -0.1) is 0 Å². The number of nitriles is 1. The lowest BCUT2D eigenvalue weighted by atomic mass is 9.78. The van der Waals surface area contributed by atoms with E-state index in [4.69, 9.17) is 0 Å². The van der Waals surface area contributed by atoms with E-state index in [1.54, 1.807) is 0 Å². The van der Waals surface area contributed by atoms with E-state index < -0.39 is 5.92 Å². The number of aromatic nitrogens is 2. The van der Waals surface area contributed by atoms with Gasteiger partial charge in [-0.3, -0.25) is 9.89 Å². The van der Waals surface area contributed by atoms with E-state index in [1.165, 1.54) is 0 Å². The summed E-state index contributed by atoms with van der Waals surface area (Å²) < 4.78 is 0. The number of benzene rings is 1. The van der Waals surface area contributed by atoms with Crippen LogP contribution >= 0.6 is 0 Å². The average molecular weight is 252 g/mol. The molecule has 5 heteroatoms. The highest BCUT2D eigenvalue weighted by molar-refractivity contribution is 5.98. The number of rotatable bonds is 1. The number of nitrogens with zero attached hydrogens (tertiary/aromatic N) is 2. The van der Waals surface area contributed by atoms with Crippen LogP contribution in [0.4, 0.5) is 5.82 Å². The molecular weight excluding hydrogens is 240 g/mol. The van der Waals surface area contributed by atoms with E-state index in [-0.39, 0.29) is 11.8 Å². The summed E-state index contributed by atoms with van der Waals surface area (Å²) in [6.07, 6.45) is 0. The van der Waals surface area contributed by atoms with Crippen molar-refractivity contribution in [1.82, 2.24) is 10.2 Å². The predicted molar refractivity (Wildman–Crippen MR) is 69.3 cm³/mol. The second kappa shape index (κ2) is 4.25. The fourth-order valence-electron chi connectivity index (χ4n) is 2.58. The van der Waals surface area contributed by atoms with Gasteiger partial charge in [0, 0.05) is 17.2 Å². The monoisotopic (exact) mass is 252 g/mol. The summed E-state index contributed by atoms with van der Waals surface area (Å²) in [6, 6.07) is 11.7. The van der Waals surface area contributed by atoms with Crippen molar-refractivity contribution >= 4 is 11.7 Å². The molecule has 19 heavy (non-hydrogen) atoms. The maximum absolute atomic E-state index is 12.0. The first kappa shape index (κ1) is 11.5. The standard InChI is InChI=1S/C14H12N4O/c1-8-11-12(9-5-3-2-4-6-9)10(7-15)14(19)16-13(11)18-17-8/h2-6,10,12H,1H3,(H2,16,17,18,19)/t10-,12+/m0/s1. The van der Waals surface area contributed by atoms with Crippen molar-refractivity contribution in [2.75, 3.05) is 5.32 Å². The maximum atomic E-state index is 12.0. The third-order valence-corrected chi connectivity index (χ3v) is 3.46. The summed E-state index contributed by atoms with van der Waals surface area (Å²) in [5, 5.41) is 18.9. The Hall–Kier alpha value is -2.61. The van der Waals surface area contributed by atoms with E-state index in [0.717, 1.165) is 16.8 Å². The van der Waals surface area contributed by atoms with Gasteiger partial charge >= 0.3 is 0 Å². The molecule has 1 amide bonds. The van der Waals surface area contributed by atoms with Crippen molar-refractivity contribution in [1.29, 1.82) is 5.26 Å². The molecule has 0 saturated heterocycles. The minimum atomic E-state index is -0.730. The summed E-state index contributed by atoms with van der Waals surface area (Å²) in [5.41, 5.74) is 2.73. The van der Waals surface area contributed by atoms with Crippen LogP contribution in [0.3, 0.4) is 0 Å². The second-order valence-electron chi connectivity index (χ2n) is 4.60. The number of carbonyl (C=O) groups excluding carboxylic acids is 1. The number of nitrogens with one attached hydrogen (secondary N) is 2. The fourth-order valence-corrected chi connectivity index (χ4v) is 2.58. The maximum Gasteiger partial charge on any atom is 0.243 e. The first-order valence-corrected chi connectivity index (χ1v) is 6.02. The lowest BCUT2D eigenvalue weighted by Crippen LogP contribution is -2.33. The molecule has 2 N–H and O–H groups in total. The number of aryl methyl sites for hydroxylation is 1. The summed E-state index contributed by atoms with van der Waals surface area (Å²) in [7, 11) is 0. The van der Waals surface area contributed by atoms with Crippen LogP contribution in [0.15, 0.2) is 30.3 Å². The van der Waals surface area contributed by atoms with Crippen molar-refractivity contribution < 1.29 is 4.79 Å². The van der Waals surface area contributed by atoms with E-state index in [1.807, 2.05) is 37.3 Å². The molecule has 2 atom stereocenters. The molecule has 1 aliphatic heterocycles. The van der Waals surface area contributed by atoms with E-state index >= 15 is 0 Å². The number of amides is 1. The molecule has 0 spiro atoms. The molecular formula is C14H12N4O. The fraction of sp³-hybridized carbons (Fsp3) is 0.214. The Morgan fingerprint density at radius 3 is 2.74 bits per heavy atom. The normalized spacial score (nSPS) is 21.4. The van der Waals surface area contributed by atoms with Crippen LogP contribution in [0.1, 0.15) is 22.7 Å². The first-order valence-electron chi connectivity index (χ1n) is 6.02. The van der Waals surface area contributed by atoms with Gasteiger partial charge < -0.3 is 5.32 Å². The summed E-state index contributed by atoms with van der Waals surface area (Å²) in [5.74, 6) is -0.766. The first-order chi connectivity index (χ1) is 9.22. The van der Waals surface area contributed by atoms with Gasteiger partial charge in [0.2, 0.25) is 5.91 Å². The number of anilines is 1. The van der Waals surface area contributed by atoms with Gasteiger partial charge in [-0.1, -0.05) is 30.3 Å². The van der Waals surface area contributed by atoms with Crippen molar-refractivity contribution in [3.05, 3.63) is 47.2 Å². The molecule has 0 aliphatic carbocycles. The number of hydrogen-bond donors (Lipinski definition) is 2. The number of fused-ring (bicyclic) bond motifs is 1. The van der Waals surface area contributed by atoms with Crippen molar-refractivity contribution in [2.45, 2.75) is 12.8 Å². The number of carbonyl (C=O) groups is 1. The van der Waals surface area contributed by atoms with Gasteiger partial charge in [-0.2, -0.15) is 10.4 Å². The van der Waals surface area contributed by atoms with Gasteiger partial charge in [0.1, 0.15) is 5.92 Å².